The van der Waals surface area contributed by atoms with Gasteiger partial charge in [-0.05, 0) is 40.9 Å². The molecule has 0 bridgehead atoms. The summed E-state index contributed by atoms with van der Waals surface area (Å²) in [5, 5.41) is 2.67. The van der Waals surface area contributed by atoms with Crippen molar-refractivity contribution in [3.8, 4) is 11.7 Å². The molecule has 0 spiro atoms. The van der Waals surface area contributed by atoms with Crippen molar-refractivity contribution < 1.29 is 0 Å². The Kier molecular flexibility index (Phi) is 5.94. The number of terminal acetylenes is 1. The van der Waals surface area contributed by atoms with Gasteiger partial charge < -0.3 is 0 Å². The van der Waals surface area contributed by atoms with Crippen LogP contribution in [0.4, 0.5) is 0 Å². The molecule has 2 rings (SSSR count). The van der Waals surface area contributed by atoms with Crippen molar-refractivity contribution in [2.24, 2.45) is 0 Å². The maximum atomic E-state index is 5.82. The Hall–Kier alpha value is -0.300. The third kappa shape index (κ3) is 4.95. The first-order valence-electron chi connectivity index (χ1n) is 5.45. The third-order valence-electron chi connectivity index (χ3n) is 2.09. The monoisotopic (exact) mass is 338 g/mol. The van der Waals surface area contributed by atoms with Crippen molar-refractivity contribution in [1.82, 2.24) is 0 Å². The molecular formula is C14H11PS4. The second-order valence-electron chi connectivity index (χ2n) is 3.47. The molecule has 0 aliphatic heterocycles. The van der Waals surface area contributed by atoms with Crippen molar-refractivity contribution in [2.45, 2.75) is 9.79 Å². The van der Waals surface area contributed by atoms with E-state index in [4.69, 9.17) is 18.2 Å². The maximum Gasteiger partial charge on any atom is 0.130 e. The Morgan fingerprint density at radius 3 is 1.63 bits per heavy atom. The number of benzene rings is 2. The Balaban J connectivity index is 2.19. The largest absolute Gasteiger partial charge is 0.130 e. The fourth-order valence-electron chi connectivity index (χ4n) is 1.34. The van der Waals surface area contributed by atoms with Crippen molar-refractivity contribution in [1.29, 1.82) is 0 Å². The minimum atomic E-state index is -1.82. The van der Waals surface area contributed by atoms with E-state index >= 15 is 0 Å². The Morgan fingerprint density at radius 1 is 0.842 bits per heavy atom. The highest BCUT2D eigenvalue weighted by Crippen LogP contribution is 2.81. The molecule has 5 heteroatoms. The average molecular weight is 338 g/mol. The molecule has 0 amide bonds. The molecule has 19 heavy (non-hydrogen) atoms. The summed E-state index contributed by atoms with van der Waals surface area (Å²) in [6, 6.07) is 20.4. The lowest BCUT2D eigenvalue weighted by molar-refractivity contribution is 1.48. The highest BCUT2D eigenvalue weighted by molar-refractivity contribution is 9.23. The van der Waals surface area contributed by atoms with Gasteiger partial charge in [0, 0.05) is 9.79 Å². The van der Waals surface area contributed by atoms with E-state index in [1.165, 1.54) is 21.2 Å². The van der Waals surface area contributed by atoms with Gasteiger partial charge >= 0.3 is 0 Å². The highest BCUT2D eigenvalue weighted by atomic mass is 33.5. The van der Waals surface area contributed by atoms with Crippen LogP contribution in [0.25, 0.3) is 0 Å². The first kappa shape index (κ1) is 15.1. The van der Waals surface area contributed by atoms with Crippen LogP contribution in [0.1, 0.15) is 0 Å². The van der Waals surface area contributed by atoms with Gasteiger partial charge in [0.1, 0.15) is 3.64 Å². The molecule has 96 valence electrons. The summed E-state index contributed by atoms with van der Waals surface area (Å²) in [4.78, 5) is 2.36. The minimum absolute atomic E-state index is 1.18. The maximum absolute atomic E-state index is 5.82. The molecule has 0 radical (unpaired) electrons. The second-order valence-corrected chi connectivity index (χ2v) is 18.5. The van der Waals surface area contributed by atoms with Crippen LogP contribution in [0, 0.1) is 11.7 Å². The molecule has 0 aromatic heterocycles. The zero-order valence-corrected chi connectivity index (χ0v) is 14.1. The van der Waals surface area contributed by atoms with E-state index in [1.54, 1.807) is 22.8 Å². The molecule has 0 nitrogen and oxygen atoms in total. The molecule has 0 saturated heterocycles. The molecule has 0 N–H and O–H groups in total. The molecule has 0 aliphatic rings. The van der Waals surface area contributed by atoms with Crippen LogP contribution in [0.3, 0.4) is 0 Å². The van der Waals surface area contributed by atoms with E-state index < -0.39 is 3.64 Å². The van der Waals surface area contributed by atoms with Gasteiger partial charge in [-0.1, -0.05) is 71.0 Å². The lowest BCUT2D eigenvalue weighted by Gasteiger charge is -2.17. The molecule has 2 aromatic carbocycles. The summed E-state index contributed by atoms with van der Waals surface area (Å²) < 4.78 is -1.82. The van der Waals surface area contributed by atoms with Gasteiger partial charge in [0.15, 0.2) is 0 Å². The smallest absolute Gasteiger partial charge is 0.108 e. The Labute approximate surface area is 131 Å². The number of rotatable bonds is 5. The summed E-state index contributed by atoms with van der Waals surface area (Å²) in [6.07, 6.45) is 5.47. The predicted molar refractivity (Wildman–Crippen MR) is 95.3 cm³/mol. The molecular weight excluding hydrogens is 327 g/mol. The van der Waals surface area contributed by atoms with Crippen molar-refractivity contribution in [2.75, 3.05) is 0 Å². The predicted octanol–water partition coefficient (Wildman–Crippen LogP) is 6.12. The molecule has 0 unspecified atom stereocenters. The van der Waals surface area contributed by atoms with Crippen LogP contribution in [-0.4, -0.2) is 0 Å². The second kappa shape index (κ2) is 7.47. The molecule has 2 aromatic rings. The first-order valence-corrected chi connectivity index (χ1v) is 12.5. The van der Waals surface area contributed by atoms with Crippen LogP contribution in [0.15, 0.2) is 70.5 Å². The van der Waals surface area contributed by atoms with E-state index in [-0.39, 0.29) is 0 Å². The van der Waals surface area contributed by atoms with E-state index in [2.05, 4.69) is 29.5 Å². The number of hydrogen-bond donors (Lipinski definition) is 0. The van der Waals surface area contributed by atoms with Crippen molar-refractivity contribution >= 4 is 49.6 Å². The summed E-state index contributed by atoms with van der Waals surface area (Å²) in [5.74, 6) is 0. The molecule has 0 fully saturated rings. The van der Waals surface area contributed by atoms with E-state index in [0.29, 0.717) is 0 Å². The van der Waals surface area contributed by atoms with Crippen LogP contribution >= 0.6 is 37.8 Å². The summed E-state index contributed by atoms with van der Waals surface area (Å²) in [5.41, 5.74) is 0. The lowest BCUT2D eigenvalue weighted by atomic mass is 10.4. The first-order chi connectivity index (χ1) is 9.22. The Morgan fingerprint density at radius 2 is 1.26 bits per heavy atom. The fraction of sp³-hybridized carbons (Fsp3) is 0. The van der Waals surface area contributed by atoms with Gasteiger partial charge in [-0.25, -0.2) is 0 Å². The number of hydrogen-bond acceptors (Lipinski definition) is 4. The summed E-state index contributed by atoms with van der Waals surface area (Å²) in [6.45, 7) is 0. The van der Waals surface area contributed by atoms with E-state index in [0.717, 1.165) is 0 Å². The van der Waals surface area contributed by atoms with Gasteiger partial charge in [0.25, 0.3) is 0 Å². The topological polar surface area (TPSA) is 0 Å². The standard InChI is InChI=1S/C14H11PS4/c1-2-17-15(16,18-13-9-5-3-6-10-13)19-14-11-7-4-8-12-14/h1,3-12H. The molecule has 0 saturated carbocycles. The zero-order valence-electron chi connectivity index (χ0n) is 9.93. The fourth-order valence-corrected chi connectivity index (χ4v) is 12.5. The zero-order chi connectivity index (χ0) is 13.6. The normalized spacial score (nSPS) is 10.9. The Bertz CT molecular complexity index is 559. The van der Waals surface area contributed by atoms with E-state index in [1.807, 2.05) is 36.4 Å². The van der Waals surface area contributed by atoms with Gasteiger partial charge in [-0.3, -0.25) is 0 Å². The van der Waals surface area contributed by atoms with E-state index in [9.17, 15) is 0 Å². The summed E-state index contributed by atoms with van der Waals surface area (Å²) >= 11 is 10.7. The van der Waals surface area contributed by atoms with Gasteiger partial charge in [-0.15, -0.1) is 6.42 Å². The van der Waals surface area contributed by atoms with Crippen LogP contribution < -0.4 is 0 Å². The molecule has 0 atom stereocenters. The lowest BCUT2D eigenvalue weighted by Crippen LogP contribution is -1.70. The SMILES string of the molecule is C#CSP(=S)(Sc1ccccc1)Sc1ccccc1. The van der Waals surface area contributed by atoms with Gasteiger partial charge in [0.05, 0.1) is 0 Å². The quantitative estimate of drug-likeness (QED) is 0.475. The van der Waals surface area contributed by atoms with Gasteiger partial charge in [-0.2, -0.15) is 0 Å². The highest BCUT2D eigenvalue weighted by Gasteiger charge is 2.20. The average Bonchev–Trinajstić information content (AvgIpc) is 2.41. The van der Waals surface area contributed by atoms with Crippen molar-refractivity contribution in [3.05, 3.63) is 60.7 Å². The molecule has 0 aliphatic carbocycles. The molecule has 0 heterocycles. The van der Waals surface area contributed by atoms with Crippen LogP contribution in [0.5, 0.6) is 0 Å². The van der Waals surface area contributed by atoms with Crippen LogP contribution in [-0.2, 0) is 11.8 Å². The summed E-state index contributed by atoms with van der Waals surface area (Å²) in [7, 11) is 0. The third-order valence-corrected chi connectivity index (χ3v) is 13.5. The van der Waals surface area contributed by atoms with Gasteiger partial charge in [0.2, 0.25) is 0 Å². The van der Waals surface area contributed by atoms with Crippen molar-refractivity contribution in [3.63, 3.8) is 0 Å². The van der Waals surface area contributed by atoms with Crippen LogP contribution in [0.2, 0.25) is 0 Å². The minimum Gasteiger partial charge on any atom is -0.108 e.